The summed E-state index contributed by atoms with van der Waals surface area (Å²) in [6.45, 7) is 7.96. The molecule has 0 aliphatic heterocycles. The van der Waals surface area contributed by atoms with Crippen molar-refractivity contribution in [2.24, 2.45) is 0 Å². The van der Waals surface area contributed by atoms with E-state index in [9.17, 15) is 4.79 Å². The van der Waals surface area contributed by atoms with E-state index >= 15 is 0 Å². The number of aromatic nitrogens is 4. The highest BCUT2D eigenvalue weighted by Crippen LogP contribution is 2.31. The first-order valence-corrected chi connectivity index (χ1v) is 11.3. The number of nitrogens with zero attached hydrogens (tertiary/aromatic N) is 4. The van der Waals surface area contributed by atoms with Crippen molar-refractivity contribution < 1.29 is 4.52 Å². The molecule has 9 heteroatoms. The molecule has 1 aromatic carbocycles. The van der Waals surface area contributed by atoms with E-state index in [2.05, 4.69) is 10.1 Å². The number of benzene rings is 1. The van der Waals surface area contributed by atoms with Gasteiger partial charge < -0.3 is 4.52 Å². The van der Waals surface area contributed by atoms with Gasteiger partial charge >= 0.3 is 0 Å². The maximum absolute atomic E-state index is 13.1. The van der Waals surface area contributed by atoms with Crippen molar-refractivity contribution in [3.8, 4) is 11.4 Å². The van der Waals surface area contributed by atoms with Crippen LogP contribution >= 0.6 is 34.7 Å². The maximum Gasteiger partial charge on any atom is 0.263 e. The van der Waals surface area contributed by atoms with Gasteiger partial charge in [-0.2, -0.15) is 4.98 Å². The summed E-state index contributed by atoms with van der Waals surface area (Å²) in [6, 6.07) is 7.34. The molecule has 0 amide bonds. The molecule has 6 nitrogen and oxygen atoms in total. The van der Waals surface area contributed by atoms with Crippen molar-refractivity contribution in [1.29, 1.82) is 0 Å². The zero-order valence-corrected chi connectivity index (χ0v) is 18.8. The van der Waals surface area contributed by atoms with Gasteiger partial charge in [-0.05, 0) is 45.4 Å². The maximum atomic E-state index is 13.1. The lowest BCUT2D eigenvalue weighted by Gasteiger charge is -2.14. The lowest BCUT2D eigenvalue weighted by molar-refractivity contribution is 0.391. The Kier molecular flexibility index (Phi) is 5.50. The average molecular weight is 447 g/mol. The van der Waals surface area contributed by atoms with Gasteiger partial charge in [0.1, 0.15) is 4.83 Å². The van der Waals surface area contributed by atoms with E-state index in [1.165, 1.54) is 11.8 Å². The summed E-state index contributed by atoms with van der Waals surface area (Å²) in [5.74, 6) is 1.30. The summed E-state index contributed by atoms with van der Waals surface area (Å²) in [7, 11) is 0. The molecule has 150 valence electrons. The first-order valence-electron chi connectivity index (χ1n) is 9.09. The van der Waals surface area contributed by atoms with Crippen LogP contribution < -0.4 is 5.56 Å². The number of fused-ring (bicyclic) bond motifs is 1. The molecular weight excluding hydrogens is 428 g/mol. The Labute approximate surface area is 180 Å². The van der Waals surface area contributed by atoms with Crippen LogP contribution in [0.2, 0.25) is 5.02 Å². The summed E-state index contributed by atoms with van der Waals surface area (Å²) >= 11 is 9.17. The fourth-order valence-electron chi connectivity index (χ4n) is 3.04. The van der Waals surface area contributed by atoms with Crippen molar-refractivity contribution in [2.75, 3.05) is 0 Å². The van der Waals surface area contributed by atoms with Gasteiger partial charge in [-0.3, -0.25) is 9.36 Å². The van der Waals surface area contributed by atoms with Crippen LogP contribution in [0.15, 0.2) is 38.7 Å². The van der Waals surface area contributed by atoms with E-state index in [0.29, 0.717) is 33.0 Å². The van der Waals surface area contributed by atoms with Crippen molar-refractivity contribution >= 4 is 44.9 Å². The highest BCUT2D eigenvalue weighted by atomic mass is 35.5. The number of halogens is 1. The molecule has 29 heavy (non-hydrogen) atoms. The van der Waals surface area contributed by atoms with Gasteiger partial charge in [0.25, 0.3) is 5.56 Å². The molecule has 0 saturated carbocycles. The van der Waals surface area contributed by atoms with Crippen LogP contribution in [0.4, 0.5) is 0 Å². The quantitative estimate of drug-likeness (QED) is 0.291. The number of rotatable bonds is 5. The van der Waals surface area contributed by atoms with E-state index in [1.54, 1.807) is 22.0 Å². The Hall–Kier alpha value is -2.16. The van der Waals surface area contributed by atoms with Crippen molar-refractivity contribution in [2.45, 2.75) is 44.6 Å². The van der Waals surface area contributed by atoms with Gasteiger partial charge in [-0.25, -0.2) is 4.98 Å². The Morgan fingerprint density at radius 2 is 2.00 bits per heavy atom. The third-order valence-electron chi connectivity index (χ3n) is 4.63. The SMILES string of the molecule is Cc1sc2nc(SCc3nc(-c4ccccc4Cl)no3)n(C(C)C)c(=O)c2c1C. The largest absolute Gasteiger partial charge is 0.338 e. The molecular formula is C20H19ClN4O2S2. The van der Waals surface area contributed by atoms with Gasteiger partial charge in [0, 0.05) is 16.5 Å². The Balaban J connectivity index is 1.66. The topological polar surface area (TPSA) is 73.8 Å². The highest BCUT2D eigenvalue weighted by molar-refractivity contribution is 7.98. The van der Waals surface area contributed by atoms with E-state index in [4.69, 9.17) is 21.1 Å². The minimum atomic E-state index is -0.0112. The van der Waals surface area contributed by atoms with Gasteiger partial charge in [0.15, 0.2) is 5.16 Å². The summed E-state index contributed by atoms with van der Waals surface area (Å²) < 4.78 is 7.12. The molecule has 0 aliphatic carbocycles. The smallest absolute Gasteiger partial charge is 0.263 e. The molecule has 4 rings (SSSR count). The minimum Gasteiger partial charge on any atom is -0.338 e. The fraction of sp³-hybridized carbons (Fsp3) is 0.300. The molecule has 0 unspecified atom stereocenters. The van der Waals surface area contributed by atoms with E-state index in [0.717, 1.165) is 20.8 Å². The monoisotopic (exact) mass is 446 g/mol. The zero-order chi connectivity index (χ0) is 20.7. The summed E-state index contributed by atoms with van der Waals surface area (Å²) in [5.41, 5.74) is 1.73. The van der Waals surface area contributed by atoms with Gasteiger partial charge in [0.05, 0.1) is 16.2 Å². The second-order valence-electron chi connectivity index (χ2n) is 6.91. The number of aryl methyl sites for hydroxylation is 2. The number of thioether (sulfide) groups is 1. The van der Waals surface area contributed by atoms with Crippen LogP contribution in [0.25, 0.3) is 21.6 Å². The van der Waals surface area contributed by atoms with E-state index < -0.39 is 0 Å². The number of thiophene rings is 1. The fourth-order valence-corrected chi connectivity index (χ4v) is 5.29. The normalized spacial score (nSPS) is 11.7. The van der Waals surface area contributed by atoms with Gasteiger partial charge in [0.2, 0.25) is 11.7 Å². The van der Waals surface area contributed by atoms with Crippen LogP contribution in [0.5, 0.6) is 0 Å². The Bertz CT molecular complexity index is 1260. The third kappa shape index (κ3) is 3.72. The Morgan fingerprint density at radius 1 is 1.24 bits per heavy atom. The molecule has 0 fully saturated rings. The van der Waals surface area contributed by atoms with E-state index in [-0.39, 0.29) is 11.6 Å². The summed E-state index contributed by atoms with van der Waals surface area (Å²) in [4.78, 5) is 24.2. The molecule has 0 radical (unpaired) electrons. The highest BCUT2D eigenvalue weighted by Gasteiger charge is 2.19. The molecule has 0 bridgehead atoms. The second kappa shape index (κ2) is 7.93. The molecule has 0 atom stereocenters. The van der Waals surface area contributed by atoms with Crippen LogP contribution in [-0.4, -0.2) is 19.7 Å². The second-order valence-corrected chi connectivity index (χ2v) is 9.46. The lowest BCUT2D eigenvalue weighted by atomic mass is 10.2. The van der Waals surface area contributed by atoms with Crippen LogP contribution in [0.3, 0.4) is 0 Å². The first kappa shape index (κ1) is 20.1. The predicted molar refractivity (Wildman–Crippen MR) is 118 cm³/mol. The molecule has 3 aromatic heterocycles. The molecule has 0 spiro atoms. The molecule has 0 aliphatic rings. The van der Waals surface area contributed by atoms with Crippen LogP contribution in [-0.2, 0) is 5.75 Å². The molecule has 3 heterocycles. The molecule has 0 saturated heterocycles. The van der Waals surface area contributed by atoms with Crippen molar-refractivity contribution in [3.63, 3.8) is 0 Å². The molecule has 4 aromatic rings. The lowest BCUT2D eigenvalue weighted by Crippen LogP contribution is -2.24. The summed E-state index contributed by atoms with van der Waals surface area (Å²) in [6.07, 6.45) is 0. The third-order valence-corrected chi connectivity index (χ3v) is 6.99. The number of hydrogen-bond acceptors (Lipinski definition) is 7. The van der Waals surface area contributed by atoms with E-state index in [1.807, 2.05) is 45.9 Å². The minimum absolute atomic E-state index is 0.00312. The van der Waals surface area contributed by atoms with Crippen LogP contribution in [0.1, 0.15) is 36.2 Å². The molecule has 0 N–H and O–H groups in total. The Morgan fingerprint density at radius 3 is 2.72 bits per heavy atom. The summed E-state index contributed by atoms with van der Waals surface area (Å²) in [5, 5.41) is 5.96. The van der Waals surface area contributed by atoms with Gasteiger partial charge in [-0.1, -0.05) is 40.7 Å². The van der Waals surface area contributed by atoms with Gasteiger partial charge in [-0.15, -0.1) is 11.3 Å². The number of hydrogen-bond donors (Lipinski definition) is 0. The van der Waals surface area contributed by atoms with Crippen LogP contribution in [0, 0.1) is 13.8 Å². The average Bonchev–Trinajstić information content (AvgIpc) is 3.25. The zero-order valence-electron chi connectivity index (χ0n) is 16.4. The van der Waals surface area contributed by atoms with Crippen molar-refractivity contribution in [1.82, 2.24) is 19.7 Å². The first-order chi connectivity index (χ1) is 13.9. The standard InChI is InChI=1S/C20H19ClN4O2S2/c1-10(2)25-19(26)16-11(3)12(4)29-18(16)23-20(25)28-9-15-22-17(24-27-15)13-7-5-6-8-14(13)21/h5-8,10H,9H2,1-4H3. The predicted octanol–water partition coefficient (Wildman–Crippen LogP) is 5.65. The van der Waals surface area contributed by atoms with Crippen molar-refractivity contribution in [3.05, 3.63) is 56.0 Å².